The SMILES string of the molecule is Cc1ccc2c(c1)C[C@H](C(=O)O)CC2=O. The van der Waals surface area contributed by atoms with E-state index in [4.69, 9.17) is 5.11 Å². The molecule has 15 heavy (non-hydrogen) atoms. The Morgan fingerprint density at radius 2 is 2.13 bits per heavy atom. The molecule has 0 bridgehead atoms. The molecule has 2 rings (SSSR count). The first-order valence-electron chi connectivity index (χ1n) is 4.93. The van der Waals surface area contributed by atoms with Gasteiger partial charge in [0.2, 0.25) is 0 Å². The molecule has 1 atom stereocenters. The Morgan fingerprint density at radius 3 is 2.80 bits per heavy atom. The molecular formula is C12H12O3. The summed E-state index contributed by atoms with van der Waals surface area (Å²) in [5.74, 6) is -1.48. The number of fused-ring (bicyclic) bond motifs is 1. The van der Waals surface area contributed by atoms with E-state index in [1.54, 1.807) is 6.07 Å². The highest BCUT2D eigenvalue weighted by Crippen LogP contribution is 2.26. The van der Waals surface area contributed by atoms with Crippen LogP contribution in [0.15, 0.2) is 18.2 Å². The first-order valence-corrected chi connectivity index (χ1v) is 4.93. The van der Waals surface area contributed by atoms with E-state index in [2.05, 4.69) is 0 Å². The molecule has 0 unspecified atom stereocenters. The number of carboxylic acids is 1. The molecule has 1 N–H and O–H groups in total. The topological polar surface area (TPSA) is 54.4 Å². The van der Waals surface area contributed by atoms with Gasteiger partial charge in [0.05, 0.1) is 5.92 Å². The third-order valence-electron chi connectivity index (χ3n) is 2.81. The second-order valence-corrected chi connectivity index (χ2v) is 4.03. The van der Waals surface area contributed by atoms with E-state index in [-0.39, 0.29) is 12.2 Å². The van der Waals surface area contributed by atoms with Crippen molar-refractivity contribution in [2.75, 3.05) is 0 Å². The Balaban J connectivity index is 2.41. The van der Waals surface area contributed by atoms with Crippen molar-refractivity contribution in [3.63, 3.8) is 0 Å². The van der Waals surface area contributed by atoms with E-state index < -0.39 is 11.9 Å². The fraction of sp³-hybridized carbons (Fsp3) is 0.333. The molecule has 78 valence electrons. The maximum Gasteiger partial charge on any atom is 0.307 e. The number of hydrogen-bond donors (Lipinski definition) is 1. The minimum atomic E-state index is -0.879. The lowest BCUT2D eigenvalue weighted by atomic mass is 9.82. The van der Waals surface area contributed by atoms with Gasteiger partial charge in [-0.15, -0.1) is 0 Å². The van der Waals surface area contributed by atoms with E-state index in [0.717, 1.165) is 11.1 Å². The molecule has 3 heteroatoms. The number of aliphatic carboxylic acids is 1. The highest BCUT2D eigenvalue weighted by atomic mass is 16.4. The molecule has 0 heterocycles. The largest absolute Gasteiger partial charge is 0.481 e. The molecule has 0 aromatic heterocycles. The summed E-state index contributed by atoms with van der Waals surface area (Å²) in [5.41, 5.74) is 2.63. The number of hydrogen-bond acceptors (Lipinski definition) is 2. The van der Waals surface area contributed by atoms with Gasteiger partial charge in [-0.2, -0.15) is 0 Å². The van der Waals surface area contributed by atoms with Crippen molar-refractivity contribution >= 4 is 11.8 Å². The van der Waals surface area contributed by atoms with Gasteiger partial charge in [0, 0.05) is 12.0 Å². The Kier molecular flexibility index (Phi) is 2.31. The lowest BCUT2D eigenvalue weighted by Crippen LogP contribution is -2.26. The molecule has 1 aromatic carbocycles. The normalized spacial score (nSPS) is 19.8. The lowest BCUT2D eigenvalue weighted by molar-refractivity contribution is -0.141. The van der Waals surface area contributed by atoms with Gasteiger partial charge in [-0.25, -0.2) is 0 Å². The van der Waals surface area contributed by atoms with Crippen LogP contribution in [0.25, 0.3) is 0 Å². The summed E-state index contributed by atoms with van der Waals surface area (Å²) in [6, 6.07) is 5.59. The maximum atomic E-state index is 11.6. The van der Waals surface area contributed by atoms with Crippen LogP contribution in [0.5, 0.6) is 0 Å². The average molecular weight is 204 g/mol. The van der Waals surface area contributed by atoms with E-state index in [0.29, 0.717) is 12.0 Å². The minimum absolute atomic E-state index is 0.0522. The summed E-state index contributed by atoms with van der Waals surface area (Å²) >= 11 is 0. The minimum Gasteiger partial charge on any atom is -0.481 e. The zero-order valence-electron chi connectivity index (χ0n) is 8.49. The summed E-state index contributed by atoms with van der Waals surface area (Å²) < 4.78 is 0. The Bertz CT molecular complexity index is 434. The average Bonchev–Trinajstić information content (AvgIpc) is 2.16. The zero-order valence-corrected chi connectivity index (χ0v) is 8.49. The third-order valence-corrected chi connectivity index (χ3v) is 2.81. The monoisotopic (exact) mass is 204 g/mol. The second-order valence-electron chi connectivity index (χ2n) is 4.03. The van der Waals surface area contributed by atoms with E-state index in [1.807, 2.05) is 19.1 Å². The van der Waals surface area contributed by atoms with Crippen LogP contribution in [0.4, 0.5) is 0 Å². The van der Waals surface area contributed by atoms with Crippen LogP contribution in [0.2, 0.25) is 0 Å². The number of carboxylic acid groups (broad SMARTS) is 1. The Labute approximate surface area is 87.7 Å². The van der Waals surface area contributed by atoms with Crippen LogP contribution in [0.1, 0.15) is 27.9 Å². The molecule has 1 aliphatic carbocycles. The summed E-state index contributed by atoms with van der Waals surface area (Å²) in [6.45, 7) is 1.94. The molecule has 0 radical (unpaired) electrons. The van der Waals surface area contributed by atoms with Crippen LogP contribution < -0.4 is 0 Å². The number of Topliss-reactive ketones (excluding diaryl/α,β-unsaturated/α-hetero) is 1. The Hall–Kier alpha value is -1.64. The number of benzene rings is 1. The number of aryl methyl sites for hydroxylation is 1. The molecule has 1 aliphatic rings. The van der Waals surface area contributed by atoms with Crippen LogP contribution in [-0.2, 0) is 11.2 Å². The van der Waals surface area contributed by atoms with E-state index >= 15 is 0 Å². The van der Waals surface area contributed by atoms with Crippen molar-refractivity contribution in [1.82, 2.24) is 0 Å². The number of ketones is 1. The first kappa shape index (κ1) is 9.90. The molecule has 3 nitrogen and oxygen atoms in total. The van der Waals surface area contributed by atoms with Crippen molar-refractivity contribution in [1.29, 1.82) is 0 Å². The number of carbonyl (C=O) groups excluding carboxylic acids is 1. The van der Waals surface area contributed by atoms with Gasteiger partial charge in [-0.05, 0) is 18.9 Å². The second kappa shape index (κ2) is 3.50. The van der Waals surface area contributed by atoms with Crippen molar-refractivity contribution in [2.45, 2.75) is 19.8 Å². The molecule has 0 fully saturated rings. The fourth-order valence-corrected chi connectivity index (χ4v) is 2.01. The van der Waals surface area contributed by atoms with Crippen LogP contribution in [0, 0.1) is 12.8 Å². The summed E-state index contributed by atoms with van der Waals surface area (Å²) in [5, 5.41) is 8.90. The molecule has 0 spiro atoms. The molecule has 1 aromatic rings. The van der Waals surface area contributed by atoms with Crippen LogP contribution >= 0.6 is 0 Å². The van der Waals surface area contributed by atoms with Crippen LogP contribution in [0.3, 0.4) is 0 Å². The van der Waals surface area contributed by atoms with Gasteiger partial charge >= 0.3 is 5.97 Å². The van der Waals surface area contributed by atoms with Crippen molar-refractivity contribution in [3.05, 3.63) is 34.9 Å². The van der Waals surface area contributed by atoms with Crippen molar-refractivity contribution in [2.24, 2.45) is 5.92 Å². The zero-order chi connectivity index (χ0) is 11.0. The maximum absolute atomic E-state index is 11.6. The van der Waals surface area contributed by atoms with Gasteiger partial charge in [0.25, 0.3) is 0 Å². The first-order chi connectivity index (χ1) is 7.08. The van der Waals surface area contributed by atoms with Gasteiger partial charge in [-0.1, -0.05) is 23.8 Å². The van der Waals surface area contributed by atoms with Crippen molar-refractivity contribution < 1.29 is 14.7 Å². The fourth-order valence-electron chi connectivity index (χ4n) is 2.01. The lowest BCUT2D eigenvalue weighted by Gasteiger charge is -2.20. The summed E-state index contributed by atoms with van der Waals surface area (Å²) in [6.07, 6.45) is 0.601. The van der Waals surface area contributed by atoms with Crippen LogP contribution in [-0.4, -0.2) is 16.9 Å². The van der Waals surface area contributed by atoms with Gasteiger partial charge in [-0.3, -0.25) is 9.59 Å². The smallest absolute Gasteiger partial charge is 0.307 e. The highest BCUT2D eigenvalue weighted by molar-refractivity contribution is 6.00. The summed E-state index contributed by atoms with van der Waals surface area (Å²) in [7, 11) is 0. The Morgan fingerprint density at radius 1 is 1.40 bits per heavy atom. The van der Waals surface area contributed by atoms with Gasteiger partial charge < -0.3 is 5.11 Å². The number of rotatable bonds is 1. The molecule has 0 amide bonds. The predicted octanol–water partition coefficient (Wildman–Crippen LogP) is 1.82. The van der Waals surface area contributed by atoms with Crippen molar-refractivity contribution in [3.8, 4) is 0 Å². The quantitative estimate of drug-likeness (QED) is 0.759. The van der Waals surface area contributed by atoms with E-state index in [1.165, 1.54) is 0 Å². The standard InChI is InChI=1S/C12H12O3/c1-7-2-3-10-8(4-7)5-9(12(14)15)6-11(10)13/h2-4,9H,5-6H2,1H3,(H,14,15)/t9-/m0/s1. The van der Waals surface area contributed by atoms with Gasteiger partial charge in [0.15, 0.2) is 5.78 Å². The third kappa shape index (κ3) is 1.77. The predicted molar refractivity (Wildman–Crippen MR) is 55.0 cm³/mol. The molecular weight excluding hydrogens is 192 g/mol. The van der Waals surface area contributed by atoms with Gasteiger partial charge in [0.1, 0.15) is 0 Å². The van der Waals surface area contributed by atoms with E-state index in [9.17, 15) is 9.59 Å². The molecule has 0 aliphatic heterocycles. The molecule has 0 saturated heterocycles. The summed E-state index contributed by atoms with van der Waals surface area (Å²) in [4.78, 5) is 22.5. The number of carbonyl (C=O) groups is 2. The highest BCUT2D eigenvalue weighted by Gasteiger charge is 2.29. The molecule has 0 saturated carbocycles.